The molecule has 0 aliphatic heterocycles. The van der Waals surface area contributed by atoms with Gasteiger partial charge in [-0.25, -0.2) is 0 Å². The minimum atomic E-state index is 0.497. The highest BCUT2D eigenvalue weighted by molar-refractivity contribution is 7.71. The van der Waals surface area contributed by atoms with E-state index in [9.17, 15) is 0 Å². The van der Waals surface area contributed by atoms with Crippen molar-refractivity contribution in [2.24, 2.45) is 12.1 Å². The smallest absolute Gasteiger partial charge is 0.216 e. The fourth-order valence-electron chi connectivity index (χ4n) is 2.33. The quantitative estimate of drug-likeness (QED) is 0.581. The van der Waals surface area contributed by atoms with E-state index in [-0.39, 0.29) is 0 Å². The van der Waals surface area contributed by atoms with Crippen LogP contribution in [0.3, 0.4) is 0 Å². The Morgan fingerprint density at radius 3 is 2.75 bits per heavy atom. The highest BCUT2D eigenvalue weighted by Crippen LogP contribution is 2.23. The van der Waals surface area contributed by atoms with Crippen LogP contribution in [0.2, 0.25) is 0 Å². The number of aromatic nitrogens is 4. The lowest BCUT2D eigenvalue weighted by atomic mass is 10.1. The van der Waals surface area contributed by atoms with E-state index in [0.29, 0.717) is 4.77 Å². The van der Waals surface area contributed by atoms with E-state index in [4.69, 9.17) is 12.2 Å². The Hall–Kier alpha value is -2.21. The number of nitrogens with one attached hydrogen (secondary N) is 1. The average Bonchev–Trinajstić information content (AvgIpc) is 2.89. The molecule has 0 bridgehead atoms. The summed E-state index contributed by atoms with van der Waals surface area (Å²) in [5.74, 6) is 0.740. The van der Waals surface area contributed by atoms with Crippen molar-refractivity contribution in [2.75, 3.05) is 0 Å². The first-order valence-corrected chi connectivity index (χ1v) is 6.73. The van der Waals surface area contributed by atoms with Crippen molar-refractivity contribution in [3.63, 3.8) is 0 Å². The first kappa shape index (κ1) is 12.8. The molecule has 0 amide bonds. The Balaban J connectivity index is 2.17. The summed E-state index contributed by atoms with van der Waals surface area (Å²) in [4.78, 5) is 0. The van der Waals surface area contributed by atoms with Gasteiger partial charge in [0.05, 0.1) is 6.21 Å². The summed E-state index contributed by atoms with van der Waals surface area (Å²) >= 11 is 5.15. The maximum atomic E-state index is 5.15. The topological polar surface area (TPSA) is 50.9 Å². The van der Waals surface area contributed by atoms with E-state index in [1.807, 2.05) is 25.3 Å². The molecule has 1 N–H and O–H groups in total. The van der Waals surface area contributed by atoms with E-state index in [2.05, 4.69) is 46.0 Å². The van der Waals surface area contributed by atoms with Crippen molar-refractivity contribution in [1.82, 2.24) is 19.4 Å². The zero-order valence-electron chi connectivity index (χ0n) is 11.6. The van der Waals surface area contributed by atoms with E-state index in [1.54, 1.807) is 4.68 Å². The van der Waals surface area contributed by atoms with Crippen molar-refractivity contribution in [2.45, 2.75) is 13.8 Å². The molecular weight excluding hydrogens is 270 g/mol. The predicted octanol–water partition coefficient (Wildman–Crippen LogP) is 2.93. The minimum absolute atomic E-state index is 0.497. The number of aromatic amines is 1. The highest BCUT2D eigenvalue weighted by atomic mass is 32.1. The number of rotatable bonds is 2. The van der Waals surface area contributed by atoms with Crippen LogP contribution in [0.15, 0.2) is 29.4 Å². The van der Waals surface area contributed by atoms with Crippen LogP contribution in [0.4, 0.5) is 0 Å². The third-order valence-electron chi connectivity index (χ3n) is 3.56. The highest BCUT2D eigenvalue weighted by Gasteiger charge is 2.09. The number of hydrogen-bond donors (Lipinski definition) is 1. The largest absolute Gasteiger partial charge is 0.347 e. The third kappa shape index (κ3) is 1.89. The Morgan fingerprint density at radius 2 is 2.05 bits per heavy atom. The molecule has 0 radical (unpaired) electrons. The lowest BCUT2D eigenvalue weighted by Crippen LogP contribution is -1.96. The Morgan fingerprint density at radius 1 is 1.30 bits per heavy atom. The molecule has 6 heteroatoms. The molecule has 0 saturated carbocycles. The average molecular weight is 285 g/mol. The lowest BCUT2D eigenvalue weighted by Gasteiger charge is -1.98. The Labute approximate surface area is 121 Å². The predicted molar refractivity (Wildman–Crippen MR) is 82.8 cm³/mol. The molecule has 2 heterocycles. The summed E-state index contributed by atoms with van der Waals surface area (Å²) in [6.07, 6.45) is 1.84. The van der Waals surface area contributed by atoms with Crippen LogP contribution in [-0.4, -0.2) is 25.7 Å². The molecule has 0 fully saturated rings. The van der Waals surface area contributed by atoms with Crippen LogP contribution < -0.4 is 0 Å². The van der Waals surface area contributed by atoms with Crippen LogP contribution in [0.5, 0.6) is 0 Å². The van der Waals surface area contributed by atoms with Crippen LogP contribution in [0.1, 0.15) is 17.1 Å². The van der Waals surface area contributed by atoms with Gasteiger partial charge in [0, 0.05) is 29.2 Å². The number of hydrogen-bond acceptors (Lipinski definition) is 3. The summed E-state index contributed by atoms with van der Waals surface area (Å²) in [6.45, 7) is 3.95. The maximum Gasteiger partial charge on any atom is 0.216 e. The molecule has 0 spiro atoms. The molecule has 1 aromatic carbocycles. The van der Waals surface area contributed by atoms with Gasteiger partial charge in [0.25, 0.3) is 0 Å². The zero-order valence-corrected chi connectivity index (χ0v) is 12.4. The molecule has 2 aromatic heterocycles. The van der Waals surface area contributed by atoms with Gasteiger partial charge in [-0.2, -0.15) is 14.9 Å². The van der Waals surface area contributed by atoms with Gasteiger partial charge >= 0.3 is 0 Å². The SMILES string of the molecule is Cc1n[nH]c(=S)n1/N=C\c1c(C)n(C)c2ccccc12. The van der Waals surface area contributed by atoms with Crippen LogP contribution in [-0.2, 0) is 7.05 Å². The van der Waals surface area contributed by atoms with Gasteiger partial charge < -0.3 is 4.57 Å². The summed E-state index contributed by atoms with van der Waals surface area (Å²) in [6, 6.07) is 8.28. The second-order valence-corrected chi connectivity index (χ2v) is 5.09. The van der Waals surface area contributed by atoms with Gasteiger partial charge in [-0.05, 0) is 32.1 Å². The van der Waals surface area contributed by atoms with Crippen molar-refractivity contribution >= 4 is 29.3 Å². The number of benzene rings is 1. The van der Waals surface area contributed by atoms with E-state index in [0.717, 1.165) is 11.4 Å². The Bertz CT molecular complexity index is 865. The zero-order chi connectivity index (χ0) is 14.3. The van der Waals surface area contributed by atoms with Crippen molar-refractivity contribution in [1.29, 1.82) is 0 Å². The first-order valence-electron chi connectivity index (χ1n) is 6.32. The second-order valence-electron chi connectivity index (χ2n) is 4.71. The summed E-state index contributed by atoms with van der Waals surface area (Å²) < 4.78 is 4.28. The van der Waals surface area contributed by atoms with Crippen LogP contribution in [0, 0.1) is 18.6 Å². The van der Waals surface area contributed by atoms with E-state index >= 15 is 0 Å². The summed E-state index contributed by atoms with van der Waals surface area (Å²) in [5.41, 5.74) is 3.46. The van der Waals surface area contributed by atoms with Gasteiger partial charge in [-0.15, -0.1) is 0 Å². The van der Waals surface area contributed by atoms with Gasteiger partial charge in [0.15, 0.2) is 0 Å². The number of para-hydroxylation sites is 1. The summed E-state index contributed by atoms with van der Waals surface area (Å²) in [7, 11) is 2.06. The molecule has 3 rings (SSSR count). The third-order valence-corrected chi connectivity index (χ3v) is 3.83. The molecular formula is C14H15N5S. The second kappa shape index (κ2) is 4.72. The molecule has 20 heavy (non-hydrogen) atoms. The lowest BCUT2D eigenvalue weighted by molar-refractivity contribution is 0.820. The molecule has 0 saturated heterocycles. The van der Waals surface area contributed by atoms with Gasteiger partial charge in [-0.3, -0.25) is 5.10 Å². The number of H-pyrrole nitrogens is 1. The molecule has 0 aliphatic carbocycles. The molecule has 0 aliphatic rings. The molecule has 0 unspecified atom stereocenters. The minimum Gasteiger partial charge on any atom is -0.347 e. The maximum absolute atomic E-state index is 5.15. The molecule has 102 valence electrons. The van der Waals surface area contributed by atoms with Gasteiger partial charge in [-0.1, -0.05) is 18.2 Å². The normalized spacial score (nSPS) is 11.8. The molecule has 5 nitrogen and oxygen atoms in total. The number of fused-ring (bicyclic) bond motifs is 1. The molecule has 3 aromatic rings. The van der Waals surface area contributed by atoms with E-state index in [1.165, 1.54) is 16.6 Å². The first-order chi connectivity index (χ1) is 9.59. The molecule has 0 atom stereocenters. The summed E-state index contributed by atoms with van der Waals surface area (Å²) in [5, 5.41) is 12.4. The monoisotopic (exact) mass is 285 g/mol. The Kier molecular flexibility index (Phi) is 3.02. The van der Waals surface area contributed by atoms with Crippen molar-refractivity contribution in [3.8, 4) is 0 Å². The van der Waals surface area contributed by atoms with Crippen LogP contribution >= 0.6 is 12.2 Å². The fraction of sp³-hybridized carbons (Fsp3) is 0.214. The number of aryl methyl sites for hydroxylation is 2. The van der Waals surface area contributed by atoms with Gasteiger partial charge in [0.2, 0.25) is 4.77 Å². The van der Waals surface area contributed by atoms with Gasteiger partial charge in [0.1, 0.15) is 5.82 Å². The number of nitrogens with zero attached hydrogens (tertiary/aromatic N) is 4. The van der Waals surface area contributed by atoms with Crippen LogP contribution in [0.25, 0.3) is 10.9 Å². The van der Waals surface area contributed by atoms with E-state index < -0.39 is 0 Å². The van der Waals surface area contributed by atoms with Crippen molar-refractivity contribution in [3.05, 3.63) is 46.1 Å². The van der Waals surface area contributed by atoms with Crippen molar-refractivity contribution < 1.29 is 0 Å². The standard InChI is InChI=1S/C14H15N5S/c1-9-12(8-15-19-10(2)16-17-14(19)20)11-6-4-5-7-13(11)18(9)3/h4-8H,1-3H3,(H,17,20)/b15-8-. The fourth-order valence-corrected chi connectivity index (χ4v) is 2.56.